The first-order valence-electron chi connectivity index (χ1n) is 6.19. The zero-order chi connectivity index (χ0) is 14.9. The van der Waals surface area contributed by atoms with Crippen LogP contribution < -0.4 is 5.43 Å². The molecule has 2 rings (SSSR count). The van der Waals surface area contributed by atoms with Gasteiger partial charge >= 0.3 is 5.97 Å². The van der Waals surface area contributed by atoms with Crippen LogP contribution in [0.5, 0.6) is 0 Å². The van der Waals surface area contributed by atoms with Crippen LogP contribution in [-0.4, -0.2) is 15.6 Å². The topological polar surface area (TPSA) is 59.3 Å². The van der Waals surface area contributed by atoms with Gasteiger partial charge in [0.05, 0.1) is 0 Å². The number of halogens is 1. The number of pyridine rings is 1. The molecule has 0 radical (unpaired) electrons. The second-order valence-corrected chi connectivity index (χ2v) is 5.35. The van der Waals surface area contributed by atoms with Gasteiger partial charge in [0.15, 0.2) is 0 Å². The van der Waals surface area contributed by atoms with Gasteiger partial charge in [-0.3, -0.25) is 4.79 Å². The van der Waals surface area contributed by atoms with Gasteiger partial charge in [-0.25, -0.2) is 4.79 Å². The lowest BCUT2D eigenvalue weighted by Gasteiger charge is -2.13. The minimum absolute atomic E-state index is 0.160. The normalized spacial score (nSPS) is 10.6. The number of hydrogen-bond acceptors (Lipinski definition) is 2. The predicted octanol–water partition coefficient (Wildman–Crippen LogP) is 3.30. The lowest BCUT2D eigenvalue weighted by atomic mass is 10.0. The maximum atomic E-state index is 12.4. The number of benzene rings is 1. The molecule has 0 aliphatic heterocycles. The van der Waals surface area contributed by atoms with Crippen molar-refractivity contribution in [3.8, 4) is 11.1 Å². The molecule has 0 bridgehead atoms. The van der Waals surface area contributed by atoms with Crippen LogP contribution in [0.4, 0.5) is 0 Å². The zero-order valence-corrected chi connectivity index (χ0v) is 12.8. The molecular weight excluding hydrogens is 322 g/mol. The lowest BCUT2D eigenvalue weighted by Crippen LogP contribution is -2.23. The van der Waals surface area contributed by atoms with Crippen molar-refractivity contribution in [2.45, 2.75) is 20.4 Å². The average molecular weight is 336 g/mol. The fourth-order valence-electron chi connectivity index (χ4n) is 2.17. The summed E-state index contributed by atoms with van der Waals surface area (Å²) in [5, 5.41) is 9.26. The second-order valence-electron chi connectivity index (χ2n) is 4.43. The lowest BCUT2D eigenvalue weighted by molar-refractivity contribution is 0.0693. The number of aryl methyl sites for hydroxylation is 1. The van der Waals surface area contributed by atoms with Gasteiger partial charge in [-0.1, -0.05) is 28.1 Å². The number of rotatable bonds is 3. The van der Waals surface area contributed by atoms with Crippen molar-refractivity contribution in [2.24, 2.45) is 0 Å². The molecule has 1 aromatic carbocycles. The number of nitrogens with zero attached hydrogens (tertiary/aromatic N) is 1. The summed E-state index contributed by atoms with van der Waals surface area (Å²) < 4.78 is 2.69. The first kappa shape index (κ1) is 14.5. The monoisotopic (exact) mass is 335 g/mol. The fourth-order valence-corrected chi connectivity index (χ4v) is 2.43. The van der Waals surface area contributed by atoms with Gasteiger partial charge < -0.3 is 9.67 Å². The van der Waals surface area contributed by atoms with E-state index in [9.17, 15) is 14.7 Å². The number of carboxylic acid groups (broad SMARTS) is 1. The highest BCUT2D eigenvalue weighted by Crippen LogP contribution is 2.20. The van der Waals surface area contributed by atoms with E-state index in [1.54, 1.807) is 29.8 Å². The molecule has 0 amide bonds. The third-order valence-corrected chi connectivity index (χ3v) is 3.79. The summed E-state index contributed by atoms with van der Waals surface area (Å²) in [5.41, 5.74) is 0.991. The van der Waals surface area contributed by atoms with Crippen LogP contribution in [0, 0.1) is 6.92 Å². The van der Waals surface area contributed by atoms with E-state index in [2.05, 4.69) is 15.9 Å². The standard InChI is InChI=1S/C15H14BrNO3/c1-3-17-8-12(10-4-6-11(16)7-5-10)14(18)13(9(17)2)15(19)20/h4-8H,3H2,1-2H3,(H,19,20). The van der Waals surface area contributed by atoms with Crippen molar-refractivity contribution in [1.82, 2.24) is 4.57 Å². The molecule has 1 heterocycles. The number of aromatic carboxylic acids is 1. The molecule has 104 valence electrons. The molecule has 1 N–H and O–H groups in total. The molecule has 0 unspecified atom stereocenters. The maximum absolute atomic E-state index is 12.4. The highest BCUT2D eigenvalue weighted by molar-refractivity contribution is 9.10. The van der Waals surface area contributed by atoms with E-state index in [1.807, 2.05) is 19.1 Å². The molecule has 0 aliphatic rings. The zero-order valence-electron chi connectivity index (χ0n) is 11.2. The van der Waals surface area contributed by atoms with Crippen LogP contribution in [0.2, 0.25) is 0 Å². The molecule has 0 fully saturated rings. The summed E-state index contributed by atoms with van der Waals surface area (Å²) in [6, 6.07) is 7.24. The number of hydrogen-bond donors (Lipinski definition) is 1. The van der Waals surface area contributed by atoms with Crippen LogP contribution >= 0.6 is 15.9 Å². The van der Waals surface area contributed by atoms with Gasteiger partial charge in [-0.2, -0.15) is 0 Å². The minimum atomic E-state index is -1.19. The second kappa shape index (κ2) is 5.63. The first-order chi connectivity index (χ1) is 9.45. The highest BCUT2D eigenvalue weighted by atomic mass is 79.9. The fraction of sp³-hybridized carbons (Fsp3) is 0.200. The van der Waals surface area contributed by atoms with Crippen LogP contribution in [0.1, 0.15) is 23.0 Å². The summed E-state index contributed by atoms with van der Waals surface area (Å²) in [7, 11) is 0. The smallest absolute Gasteiger partial charge is 0.341 e. The average Bonchev–Trinajstić information content (AvgIpc) is 2.40. The summed E-state index contributed by atoms with van der Waals surface area (Å²) in [6.07, 6.45) is 1.72. The molecule has 0 spiro atoms. The van der Waals surface area contributed by atoms with E-state index < -0.39 is 11.4 Å². The summed E-state index contributed by atoms with van der Waals surface area (Å²) in [6.45, 7) is 4.17. The first-order valence-corrected chi connectivity index (χ1v) is 6.98. The van der Waals surface area contributed by atoms with Gasteiger partial charge in [-0.15, -0.1) is 0 Å². The van der Waals surface area contributed by atoms with E-state index in [0.717, 1.165) is 4.47 Å². The van der Waals surface area contributed by atoms with Gasteiger partial charge in [0.1, 0.15) is 5.56 Å². The Morgan fingerprint density at radius 2 is 1.90 bits per heavy atom. The number of carboxylic acids is 1. The molecule has 0 atom stereocenters. The van der Waals surface area contributed by atoms with Crippen molar-refractivity contribution in [3.63, 3.8) is 0 Å². The molecule has 1 aromatic heterocycles. The molecular formula is C15H14BrNO3. The predicted molar refractivity (Wildman–Crippen MR) is 81.2 cm³/mol. The van der Waals surface area contributed by atoms with Crippen LogP contribution in [0.25, 0.3) is 11.1 Å². The molecule has 20 heavy (non-hydrogen) atoms. The molecule has 0 aliphatic carbocycles. The maximum Gasteiger partial charge on any atom is 0.341 e. The number of carbonyl (C=O) groups is 1. The Morgan fingerprint density at radius 3 is 2.40 bits per heavy atom. The van der Waals surface area contributed by atoms with E-state index in [0.29, 0.717) is 23.4 Å². The third-order valence-electron chi connectivity index (χ3n) is 3.26. The van der Waals surface area contributed by atoms with E-state index in [4.69, 9.17) is 0 Å². The Hall–Kier alpha value is -1.88. The highest BCUT2D eigenvalue weighted by Gasteiger charge is 2.18. The van der Waals surface area contributed by atoms with Crippen LogP contribution in [0.3, 0.4) is 0 Å². The van der Waals surface area contributed by atoms with Crippen molar-refractivity contribution < 1.29 is 9.90 Å². The summed E-state index contributed by atoms with van der Waals surface area (Å²) in [5.74, 6) is -1.19. The Labute approximate surface area is 124 Å². The van der Waals surface area contributed by atoms with Gasteiger partial charge in [-0.05, 0) is 31.5 Å². The quantitative estimate of drug-likeness (QED) is 0.936. The van der Waals surface area contributed by atoms with Gasteiger partial charge in [0, 0.05) is 28.5 Å². The van der Waals surface area contributed by atoms with Crippen LogP contribution in [0.15, 0.2) is 39.7 Å². The van der Waals surface area contributed by atoms with E-state index in [-0.39, 0.29) is 5.56 Å². The minimum Gasteiger partial charge on any atom is -0.477 e. The SMILES string of the molecule is CCn1cc(-c2ccc(Br)cc2)c(=O)c(C(=O)O)c1C. The van der Waals surface area contributed by atoms with Crippen LogP contribution in [-0.2, 0) is 6.54 Å². The van der Waals surface area contributed by atoms with Crippen molar-refractivity contribution in [1.29, 1.82) is 0 Å². The largest absolute Gasteiger partial charge is 0.477 e. The molecule has 0 saturated heterocycles. The van der Waals surface area contributed by atoms with E-state index in [1.165, 1.54) is 0 Å². The number of aromatic nitrogens is 1. The molecule has 4 nitrogen and oxygen atoms in total. The molecule has 2 aromatic rings. The van der Waals surface area contributed by atoms with Crippen molar-refractivity contribution in [3.05, 3.63) is 56.4 Å². The van der Waals surface area contributed by atoms with E-state index >= 15 is 0 Å². The Bertz CT molecular complexity index is 717. The van der Waals surface area contributed by atoms with Crippen molar-refractivity contribution >= 4 is 21.9 Å². The molecule has 5 heteroatoms. The Morgan fingerprint density at radius 1 is 1.30 bits per heavy atom. The molecule has 0 saturated carbocycles. The van der Waals surface area contributed by atoms with Gasteiger partial charge in [0.25, 0.3) is 0 Å². The van der Waals surface area contributed by atoms with Gasteiger partial charge in [0.2, 0.25) is 5.43 Å². The van der Waals surface area contributed by atoms with Crippen molar-refractivity contribution in [2.75, 3.05) is 0 Å². The summed E-state index contributed by atoms with van der Waals surface area (Å²) in [4.78, 5) is 23.7. The summed E-state index contributed by atoms with van der Waals surface area (Å²) >= 11 is 3.34. The third kappa shape index (κ3) is 2.54. The Balaban J connectivity index is 2.77. The Kier molecular flexibility index (Phi) is 4.09.